The van der Waals surface area contributed by atoms with E-state index in [2.05, 4.69) is 10.6 Å². The van der Waals surface area contributed by atoms with Gasteiger partial charge in [-0.05, 0) is 42.8 Å². The van der Waals surface area contributed by atoms with E-state index in [1.54, 1.807) is 32.4 Å². The molecule has 0 radical (unpaired) electrons. The van der Waals surface area contributed by atoms with Crippen LogP contribution in [0.15, 0.2) is 36.4 Å². The molecule has 4 N–H and O–H groups in total. The number of rotatable bonds is 8. The standard InChI is InChI=1S/C19H22N2O5.C2H2O4/c1-23-15-5-3-13(9-17(15)24-2)7-8-20-11-19(22)21-14-4-6-16-18(10-14)26-12-25-16;3-1(4)2(5)6/h3-6,9-10,20H,7-8,11-12H2,1-2H3,(H,21,22);(H,3,4)(H,5,6). The summed E-state index contributed by atoms with van der Waals surface area (Å²) in [5.41, 5.74) is 1.78. The molecule has 0 fully saturated rings. The maximum absolute atomic E-state index is 12.0. The van der Waals surface area contributed by atoms with Crippen molar-refractivity contribution in [2.24, 2.45) is 0 Å². The van der Waals surface area contributed by atoms with Gasteiger partial charge in [-0.15, -0.1) is 0 Å². The number of fused-ring (bicyclic) bond motifs is 1. The Bertz CT molecular complexity index is 950. The number of carbonyl (C=O) groups is 3. The third-order valence-corrected chi connectivity index (χ3v) is 4.16. The second-order valence-corrected chi connectivity index (χ2v) is 6.34. The number of hydrogen-bond donors (Lipinski definition) is 4. The molecule has 0 bridgehead atoms. The SMILES string of the molecule is COc1ccc(CCNCC(=O)Nc2ccc3c(c2)OCO3)cc1OC.O=C(O)C(=O)O. The van der Waals surface area contributed by atoms with Crippen molar-refractivity contribution in [1.82, 2.24) is 5.32 Å². The molecule has 0 saturated heterocycles. The highest BCUT2D eigenvalue weighted by Gasteiger charge is 2.14. The summed E-state index contributed by atoms with van der Waals surface area (Å²) in [6, 6.07) is 11.1. The monoisotopic (exact) mass is 448 g/mol. The maximum Gasteiger partial charge on any atom is 0.414 e. The summed E-state index contributed by atoms with van der Waals surface area (Å²) in [4.78, 5) is 30.2. The zero-order chi connectivity index (χ0) is 23.5. The van der Waals surface area contributed by atoms with Crippen LogP contribution in [0.25, 0.3) is 0 Å². The number of anilines is 1. The summed E-state index contributed by atoms with van der Waals surface area (Å²) in [6.45, 7) is 1.11. The van der Waals surface area contributed by atoms with E-state index < -0.39 is 11.9 Å². The maximum atomic E-state index is 12.0. The van der Waals surface area contributed by atoms with Crippen LogP contribution in [0.1, 0.15) is 5.56 Å². The summed E-state index contributed by atoms with van der Waals surface area (Å²) in [6.07, 6.45) is 0.775. The molecule has 1 amide bonds. The first-order valence-electron chi connectivity index (χ1n) is 9.41. The first-order chi connectivity index (χ1) is 15.3. The average molecular weight is 448 g/mol. The fourth-order valence-corrected chi connectivity index (χ4v) is 2.65. The van der Waals surface area contributed by atoms with E-state index in [1.807, 2.05) is 18.2 Å². The highest BCUT2D eigenvalue weighted by molar-refractivity contribution is 6.27. The number of amides is 1. The minimum absolute atomic E-state index is 0.115. The molecule has 2 aromatic rings. The molecule has 1 aliphatic heterocycles. The van der Waals surface area contributed by atoms with Crippen LogP contribution in [0.3, 0.4) is 0 Å². The van der Waals surface area contributed by atoms with E-state index in [-0.39, 0.29) is 19.2 Å². The van der Waals surface area contributed by atoms with Crippen molar-refractivity contribution in [2.45, 2.75) is 6.42 Å². The fourth-order valence-electron chi connectivity index (χ4n) is 2.65. The minimum Gasteiger partial charge on any atom is -0.493 e. The predicted molar refractivity (Wildman–Crippen MR) is 113 cm³/mol. The van der Waals surface area contributed by atoms with E-state index in [0.29, 0.717) is 35.2 Å². The van der Waals surface area contributed by atoms with Crippen molar-refractivity contribution in [3.8, 4) is 23.0 Å². The lowest BCUT2D eigenvalue weighted by Crippen LogP contribution is -2.29. The van der Waals surface area contributed by atoms with Crippen LogP contribution in [-0.2, 0) is 20.8 Å². The van der Waals surface area contributed by atoms with Gasteiger partial charge in [0, 0.05) is 11.8 Å². The lowest BCUT2D eigenvalue weighted by atomic mass is 10.1. The molecule has 32 heavy (non-hydrogen) atoms. The number of benzene rings is 2. The quantitative estimate of drug-likeness (QED) is 0.344. The number of carboxylic acids is 2. The van der Waals surface area contributed by atoms with E-state index in [0.717, 1.165) is 12.0 Å². The van der Waals surface area contributed by atoms with Crippen LogP contribution in [0.5, 0.6) is 23.0 Å². The van der Waals surface area contributed by atoms with Crippen LogP contribution >= 0.6 is 0 Å². The van der Waals surface area contributed by atoms with Gasteiger partial charge in [0.2, 0.25) is 12.7 Å². The molecule has 2 aromatic carbocycles. The van der Waals surface area contributed by atoms with Gasteiger partial charge in [-0.25, -0.2) is 9.59 Å². The Morgan fingerprint density at radius 2 is 1.62 bits per heavy atom. The number of nitrogens with one attached hydrogen (secondary N) is 2. The second-order valence-electron chi connectivity index (χ2n) is 6.34. The molecule has 0 atom stereocenters. The Morgan fingerprint density at radius 1 is 0.938 bits per heavy atom. The van der Waals surface area contributed by atoms with Crippen LogP contribution in [0.2, 0.25) is 0 Å². The minimum atomic E-state index is -1.82. The molecule has 0 aliphatic carbocycles. The van der Waals surface area contributed by atoms with Crippen LogP contribution in [0, 0.1) is 0 Å². The molecular weight excluding hydrogens is 424 g/mol. The molecule has 11 nitrogen and oxygen atoms in total. The van der Waals surface area contributed by atoms with Gasteiger partial charge in [0.15, 0.2) is 23.0 Å². The number of carbonyl (C=O) groups excluding carboxylic acids is 1. The Labute approximate surface area is 183 Å². The molecule has 1 aliphatic rings. The van der Waals surface area contributed by atoms with Crippen molar-refractivity contribution < 1.29 is 43.5 Å². The van der Waals surface area contributed by atoms with Crippen molar-refractivity contribution in [2.75, 3.05) is 39.4 Å². The molecule has 0 saturated carbocycles. The summed E-state index contributed by atoms with van der Waals surface area (Å²) in [5.74, 6) is -1.03. The van der Waals surface area contributed by atoms with E-state index in [9.17, 15) is 4.79 Å². The van der Waals surface area contributed by atoms with Gasteiger partial charge in [-0.2, -0.15) is 0 Å². The molecule has 11 heteroatoms. The Hall–Kier alpha value is -3.99. The van der Waals surface area contributed by atoms with Crippen molar-refractivity contribution in [3.63, 3.8) is 0 Å². The Balaban J connectivity index is 0.000000534. The lowest BCUT2D eigenvalue weighted by molar-refractivity contribution is -0.159. The summed E-state index contributed by atoms with van der Waals surface area (Å²) < 4.78 is 21.1. The zero-order valence-corrected chi connectivity index (χ0v) is 17.5. The van der Waals surface area contributed by atoms with Crippen molar-refractivity contribution >= 4 is 23.5 Å². The Morgan fingerprint density at radius 3 is 2.28 bits per heavy atom. The summed E-state index contributed by atoms with van der Waals surface area (Å²) in [7, 11) is 3.22. The highest BCUT2D eigenvalue weighted by atomic mass is 16.7. The second kappa shape index (κ2) is 12.0. The predicted octanol–water partition coefficient (Wildman–Crippen LogP) is 1.36. The molecule has 3 rings (SSSR count). The summed E-state index contributed by atoms with van der Waals surface area (Å²) in [5, 5.41) is 20.7. The first kappa shape index (κ1) is 24.3. The van der Waals surface area contributed by atoms with E-state index >= 15 is 0 Å². The van der Waals surface area contributed by atoms with Crippen LogP contribution < -0.4 is 29.6 Å². The number of methoxy groups -OCH3 is 2. The highest BCUT2D eigenvalue weighted by Crippen LogP contribution is 2.34. The molecule has 0 aromatic heterocycles. The third kappa shape index (κ3) is 7.36. The van der Waals surface area contributed by atoms with Gasteiger partial charge in [-0.1, -0.05) is 6.07 Å². The molecular formula is C21H24N2O9. The van der Waals surface area contributed by atoms with Crippen LogP contribution in [0.4, 0.5) is 5.69 Å². The van der Waals surface area contributed by atoms with Crippen molar-refractivity contribution in [3.05, 3.63) is 42.0 Å². The number of aliphatic carboxylic acids is 2. The van der Waals surface area contributed by atoms with Crippen LogP contribution in [-0.4, -0.2) is 62.2 Å². The van der Waals surface area contributed by atoms with Gasteiger partial charge in [0.25, 0.3) is 0 Å². The normalized spacial score (nSPS) is 11.1. The average Bonchev–Trinajstić information content (AvgIpc) is 3.24. The third-order valence-electron chi connectivity index (χ3n) is 4.16. The van der Waals surface area contributed by atoms with Gasteiger partial charge >= 0.3 is 11.9 Å². The number of hydrogen-bond acceptors (Lipinski definition) is 8. The van der Waals surface area contributed by atoms with E-state index in [1.165, 1.54) is 0 Å². The van der Waals surface area contributed by atoms with Gasteiger partial charge in [0.05, 0.1) is 20.8 Å². The first-order valence-corrected chi connectivity index (χ1v) is 9.41. The number of ether oxygens (including phenoxy) is 4. The van der Waals surface area contributed by atoms with Crippen molar-refractivity contribution in [1.29, 1.82) is 0 Å². The van der Waals surface area contributed by atoms with Gasteiger partial charge < -0.3 is 39.8 Å². The molecule has 172 valence electrons. The summed E-state index contributed by atoms with van der Waals surface area (Å²) >= 11 is 0. The smallest absolute Gasteiger partial charge is 0.414 e. The zero-order valence-electron chi connectivity index (χ0n) is 17.5. The molecule has 0 unspecified atom stereocenters. The lowest BCUT2D eigenvalue weighted by Gasteiger charge is -2.10. The molecule has 0 spiro atoms. The largest absolute Gasteiger partial charge is 0.493 e. The van der Waals surface area contributed by atoms with Gasteiger partial charge in [0.1, 0.15) is 0 Å². The number of carboxylic acid groups (broad SMARTS) is 2. The topological polar surface area (TPSA) is 153 Å². The van der Waals surface area contributed by atoms with Gasteiger partial charge in [-0.3, -0.25) is 4.79 Å². The molecule has 1 heterocycles. The van der Waals surface area contributed by atoms with E-state index in [4.69, 9.17) is 38.7 Å². The fraction of sp³-hybridized carbons (Fsp3) is 0.286. The Kier molecular flexibility index (Phi) is 9.11.